The van der Waals surface area contributed by atoms with Crippen molar-refractivity contribution in [2.45, 2.75) is 4.90 Å². The van der Waals surface area contributed by atoms with Crippen molar-refractivity contribution in [1.29, 1.82) is 5.26 Å². The number of nitrogens with one attached hydrogen (secondary N) is 1. The fraction of sp³-hybridized carbons (Fsp3) is 0. The lowest BCUT2D eigenvalue weighted by atomic mass is 10.2. The van der Waals surface area contributed by atoms with Crippen LogP contribution >= 0.6 is 0 Å². The summed E-state index contributed by atoms with van der Waals surface area (Å²) >= 11 is 0. The molecular formula is C13H9F2N3O2S. The molecule has 0 saturated carbocycles. The highest BCUT2D eigenvalue weighted by Gasteiger charge is 2.19. The van der Waals surface area contributed by atoms with Gasteiger partial charge in [0.15, 0.2) is 0 Å². The van der Waals surface area contributed by atoms with Crippen LogP contribution in [0.2, 0.25) is 0 Å². The normalized spacial score (nSPS) is 10.9. The molecule has 3 N–H and O–H groups in total. The number of nitriles is 1. The van der Waals surface area contributed by atoms with Crippen LogP contribution in [-0.2, 0) is 10.0 Å². The van der Waals surface area contributed by atoms with Crippen molar-refractivity contribution in [1.82, 2.24) is 0 Å². The summed E-state index contributed by atoms with van der Waals surface area (Å²) in [5.74, 6) is -1.85. The van der Waals surface area contributed by atoms with E-state index in [1.54, 1.807) is 6.07 Å². The average Bonchev–Trinajstić information content (AvgIpc) is 2.36. The van der Waals surface area contributed by atoms with E-state index in [9.17, 15) is 17.2 Å². The molecule has 0 aliphatic carbocycles. The highest BCUT2D eigenvalue weighted by molar-refractivity contribution is 7.92. The molecule has 2 aromatic carbocycles. The average molecular weight is 309 g/mol. The lowest BCUT2D eigenvalue weighted by Gasteiger charge is -2.10. The van der Waals surface area contributed by atoms with Gasteiger partial charge in [-0.05, 0) is 30.3 Å². The zero-order chi connectivity index (χ0) is 15.6. The van der Waals surface area contributed by atoms with Gasteiger partial charge < -0.3 is 5.73 Å². The van der Waals surface area contributed by atoms with Crippen molar-refractivity contribution in [3.63, 3.8) is 0 Å². The van der Waals surface area contributed by atoms with Gasteiger partial charge in [-0.2, -0.15) is 5.26 Å². The minimum Gasteiger partial charge on any atom is -0.399 e. The number of hydrogen-bond donors (Lipinski definition) is 2. The lowest BCUT2D eigenvalue weighted by Crippen LogP contribution is -2.15. The Bertz CT molecular complexity index is 825. The third-order valence-electron chi connectivity index (χ3n) is 2.53. The first-order valence-corrected chi connectivity index (χ1v) is 7.09. The number of halogens is 2. The second kappa shape index (κ2) is 5.38. The molecule has 0 aromatic heterocycles. The fourth-order valence-corrected chi connectivity index (χ4v) is 2.87. The van der Waals surface area contributed by atoms with Gasteiger partial charge in [-0.3, -0.25) is 4.72 Å². The summed E-state index contributed by atoms with van der Waals surface area (Å²) < 4.78 is 52.5. The molecule has 0 fully saturated rings. The first kappa shape index (κ1) is 14.7. The van der Waals surface area contributed by atoms with Crippen molar-refractivity contribution >= 4 is 21.4 Å². The van der Waals surface area contributed by atoms with Gasteiger partial charge in [0, 0.05) is 11.8 Å². The molecule has 5 nitrogen and oxygen atoms in total. The number of anilines is 2. The SMILES string of the molecule is N#Cc1cc(N)ccc1S(=O)(=O)Nc1cc(F)cc(F)c1. The number of rotatable bonds is 3. The highest BCUT2D eigenvalue weighted by atomic mass is 32.2. The van der Waals surface area contributed by atoms with Crippen LogP contribution in [-0.4, -0.2) is 8.42 Å². The van der Waals surface area contributed by atoms with Crippen LogP contribution < -0.4 is 10.5 Å². The lowest BCUT2D eigenvalue weighted by molar-refractivity contribution is 0.584. The van der Waals surface area contributed by atoms with Crippen molar-refractivity contribution < 1.29 is 17.2 Å². The van der Waals surface area contributed by atoms with Crippen LogP contribution in [0.15, 0.2) is 41.3 Å². The van der Waals surface area contributed by atoms with Crippen molar-refractivity contribution in [2.75, 3.05) is 10.5 Å². The Morgan fingerprint density at radius 1 is 1.10 bits per heavy atom. The number of nitrogen functional groups attached to an aromatic ring is 1. The molecular weight excluding hydrogens is 300 g/mol. The minimum absolute atomic E-state index is 0.167. The zero-order valence-corrected chi connectivity index (χ0v) is 11.3. The van der Waals surface area contributed by atoms with E-state index in [1.165, 1.54) is 12.1 Å². The van der Waals surface area contributed by atoms with E-state index < -0.39 is 21.7 Å². The van der Waals surface area contributed by atoms with Gasteiger partial charge in [0.2, 0.25) is 0 Å². The predicted molar refractivity (Wildman–Crippen MR) is 72.7 cm³/mol. The molecule has 0 saturated heterocycles. The van der Waals surface area contributed by atoms with Gasteiger partial charge in [0.1, 0.15) is 22.6 Å². The van der Waals surface area contributed by atoms with E-state index in [0.717, 1.165) is 18.2 Å². The van der Waals surface area contributed by atoms with Gasteiger partial charge in [0.05, 0.1) is 11.3 Å². The second-order valence-corrected chi connectivity index (χ2v) is 5.78. The van der Waals surface area contributed by atoms with Gasteiger partial charge in [-0.25, -0.2) is 17.2 Å². The zero-order valence-electron chi connectivity index (χ0n) is 10.5. The van der Waals surface area contributed by atoms with E-state index in [2.05, 4.69) is 0 Å². The summed E-state index contributed by atoms with van der Waals surface area (Å²) in [7, 11) is -4.17. The highest BCUT2D eigenvalue weighted by Crippen LogP contribution is 2.22. The monoisotopic (exact) mass is 309 g/mol. The molecule has 2 aromatic rings. The van der Waals surface area contributed by atoms with Gasteiger partial charge in [-0.1, -0.05) is 0 Å². The first-order valence-electron chi connectivity index (χ1n) is 5.60. The Balaban J connectivity index is 2.46. The maximum Gasteiger partial charge on any atom is 0.263 e. The van der Waals surface area contributed by atoms with E-state index in [0.29, 0.717) is 6.07 Å². The molecule has 108 valence electrons. The van der Waals surface area contributed by atoms with E-state index in [4.69, 9.17) is 11.0 Å². The molecule has 2 rings (SSSR count). The Morgan fingerprint density at radius 2 is 1.71 bits per heavy atom. The topological polar surface area (TPSA) is 96.0 Å². The Hall–Kier alpha value is -2.66. The van der Waals surface area contributed by atoms with Crippen molar-refractivity contribution in [3.8, 4) is 6.07 Å². The van der Waals surface area contributed by atoms with E-state index >= 15 is 0 Å². The van der Waals surface area contributed by atoms with E-state index in [1.807, 2.05) is 4.72 Å². The molecule has 0 spiro atoms. The molecule has 0 aliphatic heterocycles. The quantitative estimate of drug-likeness (QED) is 0.850. The largest absolute Gasteiger partial charge is 0.399 e. The van der Waals surface area contributed by atoms with Crippen LogP contribution in [0.1, 0.15) is 5.56 Å². The summed E-state index contributed by atoms with van der Waals surface area (Å²) in [6, 6.07) is 7.61. The van der Waals surface area contributed by atoms with Crippen LogP contribution in [0.5, 0.6) is 0 Å². The number of hydrogen-bond acceptors (Lipinski definition) is 4. The summed E-state index contributed by atoms with van der Waals surface area (Å²) in [6.45, 7) is 0. The molecule has 0 heterocycles. The summed E-state index contributed by atoms with van der Waals surface area (Å²) in [5, 5.41) is 8.94. The standard InChI is InChI=1S/C13H9F2N3O2S/c14-9-4-10(15)6-12(5-9)18-21(19,20)13-2-1-11(17)3-8(13)7-16/h1-6,18H,17H2. The maximum atomic E-state index is 13.1. The third-order valence-corrected chi connectivity index (χ3v) is 3.97. The first-order chi connectivity index (χ1) is 9.81. The molecule has 0 unspecified atom stereocenters. The van der Waals surface area contributed by atoms with Crippen LogP contribution in [0.4, 0.5) is 20.2 Å². The Labute approximate surface area is 119 Å². The molecule has 0 radical (unpaired) electrons. The smallest absolute Gasteiger partial charge is 0.263 e. The van der Waals surface area contributed by atoms with Crippen LogP contribution in [0.3, 0.4) is 0 Å². The molecule has 21 heavy (non-hydrogen) atoms. The number of nitrogens with zero attached hydrogens (tertiary/aromatic N) is 1. The van der Waals surface area contributed by atoms with Gasteiger partial charge in [-0.15, -0.1) is 0 Å². The fourth-order valence-electron chi connectivity index (χ4n) is 1.69. The third kappa shape index (κ3) is 3.27. The van der Waals surface area contributed by atoms with E-state index in [-0.39, 0.29) is 21.8 Å². The Kier molecular flexibility index (Phi) is 3.78. The van der Waals surface area contributed by atoms with Crippen molar-refractivity contribution in [3.05, 3.63) is 53.6 Å². The summed E-state index contributed by atoms with van der Waals surface area (Å²) in [5.41, 5.74) is 5.25. The number of nitrogens with two attached hydrogens (primary N) is 1. The van der Waals surface area contributed by atoms with Gasteiger partial charge in [0.25, 0.3) is 10.0 Å². The molecule has 0 amide bonds. The predicted octanol–water partition coefficient (Wildman–Crippen LogP) is 2.22. The number of sulfonamides is 1. The Morgan fingerprint density at radius 3 is 2.29 bits per heavy atom. The van der Waals surface area contributed by atoms with Gasteiger partial charge >= 0.3 is 0 Å². The van der Waals surface area contributed by atoms with Crippen LogP contribution in [0, 0.1) is 23.0 Å². The maximum absolute atomic E-state index is 13.1. The minimum atomic E-state index is -4.17. The summed E-state index contributed by atoms with van der Waals surface area (Å²) in [4.78, 5) is -0.330. The molecule has 0 bridgehead atoms. The molecule has 0 aliphatic rings. The van der Waals surface area contributed by atoms with Crippen LogP contribution in [0.25, 0.3) is 0 Å². The second-order valence-electron chi connectivity index (χ2n) is 4.13. The molecule has 0 atom stereocenters. The van der Waals surface area contributed by atoms with Crippen molar-refractivity contribution in [2.24, 2.45) is 0 Å². The summed E-state index contributed by atoms with van der Waals surface area (Å²) in [6.07, 6.45) is 0. The number of benzene rings is 2. The molecule has 8 heteroatoms.